The van der Waals surface area contributed by atoms with Gasteiger partial charge in [-0.3, -0.25) is 0 Å². The van der Waals surface area contributed by atoms with E-state index in [2.05, 4.69) is 127 Å². The van der Waals surface area contributed by atoms with Crippen LogP contribution in [0.25, 0.3) is 44.3 Å². The normalized spacial score (nSPS) is 10.6. The number of pyridine rings is 1. The fourth-order valence-electron chi connectivity index (χ4n) is 3.96. The summed E-state index contributed by atoms with van der Waals surface area (Å²) in [6.07, 6.45) is 2.22. The lowest BCUT2D eigenvalue weighted by Gasteiger charge is -2.11. The molecule has 0 saturated heterocycles. The molecule has 4 aromatic carbocycles. The Balaban J connectivity index is 0.00000218. The number of benzene rings is 4. The van der Waals surface area contributed by atoms with E-state index in [1.54, 1.807) is 0 Å². The summed E-state index contributed by atoms with van der Waals surface area (Å²) in [7, 11) is 2.12. The van der Waals surface area contributed by atoms with Crippen LogP contribution in [0.1, 0.15) is 0 Å². The van der Waals surface area contributed by atoms with E-state index in [9.17, 15) is 0 Å². The van der Waals surface area contributed by atoms with Gasteiger partial charge in [-0.1, -0.05) is 72.8 Å². The number of para-hydroxylation sites is 1. The second kappa shape index (κ2) is 8.80. The first-order chi connectivity index (χ1) is 14.3. The van der Waals surface area contributed by atoms with Gasteiger partial charge in [-0.15, -0.1) is 0 Å². The molecule has 0 aliphatic carbocycles. The van der Waals surface area contributed by atoms with Crippen LogP contribution in [0.15, 0.2) is 115 Å². The standard InChI is InChI=1S/C28H22N.HI/c1-29-20-27(16-23-14-8-9-15-28(23)29)26-18-24(21-10-4-2-5-11-21)17-25(19-26)22-12-6-3-7-13-22;/h2-20H,1H3;1H/q+1;/p-1. The van der Waals surface area contributed by atoms with Gasteiger partial charge in [0.15, 0.2) is 6.20 Å². The van der Waals surface area contributed by atoms with Crippen LogP contribution < -0.4 is 28.5 Å². The molecule has 1 heterocycles. The first-order valence-electron chi connectivity index (χ1n) is 9.93. The molecule has 1 nitrogen and oxygen atoms in total. The monoisotopic (exact) mass is 499 g/mol. The van der Waals surface area contributed by atoms with Crippen LogP contribution in [0.5, 0.6) is 0 Å². The first-order valence-corrected chi connectivity index (χ1v) is 9.93. The highest BCUT2D eigenvalue weighted by Crippen LogP contribution is 2.33. The predicted molar refractivity (Wildman–Crippen MR) is 121 cm³/mol. The molecule has 1 aromatic heterocycles. The molecule has 0 radical (unpaired) electrons. The summed E-state index contributed by atoms with van der Waals surface area (Å²) in [5.41, 5.74) is 8.62. The molecular weight excluding hydrogens is 477 g/mol. The van der Waals surface area contributed by atoms with Crippen LogP contribution in [-0.2, 0) is 7.05 Å². The summed E-state index contributed by atoms with van der Waals surface area (Å²) in [6, 6.07) is 38.9. The van der Waals surface area contributed by atoms with Crippen LogP contribution in [0, 0.1) is 0 Å². The van der Waals surface area contributed by atoms with E-state index in [1.165, 1.54) is 44.3 Å². The molecule has 0 unspecified atom stereocenters. The van der Waals surface area contributed by atoms with Crippen molar-refractivity contribution in [1.29, 1.82) is 0 Å². The molecule has 0 saturated carbocycles. The van der Waals surface area contributed by atoms with Gasteiger partial charge in [-0.05, 0) is 58.1 Å². The molecule has 0 aliphatic heterocycles. The highest BCUT2D eigenvalue weighted by Gasteiger charge is 2.12. The summed E-state index contributed by atoms with van der Waals surface area (Å²) < 4.78 is 2.21. The number of hydrogen-bond donors (Lipinski definition) is 0. The molecule has 0 aliphatic rings. The molecule has 30 heavy (non-hydrogen) atoms. The average Bonchev–Trinajstić information content (AvgIpc) is 2.80. The summed E-state index contributed by atoms with van der Waals surface area (Å²) in [4.78, 5) is 0. The van der Waals surface area contributed by atoms with Crippen molar-refractivity contribution in [3.63, 3.8) is 0 Å². The second-order valence-corrected chi connectivity index (χ2v) is 7.43. The van der Waals surface area contributed by atoms with Crippen molar-refractivity contribution in [2.45, 2.75) is 0 Å². The van der Waals surface area contributed by atoms with E-state index < -0.39 is 0 Å². The van der Waals surface area contributed by atoms with Crippen molar-refractivity contribution in [2.24, 2.45) is 7.05 Å². The van der Waals surface area contributed by atoms with E-state index in [-0.39, 0.29) is 24.0 Å². The van der Waals surface area contributed by atoms with Crippen LogP contribution >= 0.6 is 0 Å². The van der Waals surface area contributed by atoms with Gasteiger partial charge in [0.25, 0.3) is 0 Å². The third-order valence-electron chi connectivity index (χ3n) is 5.44. The molecule has 0 atom stereocenters. The Labute approximate surface area is 194 Å². The maximum Gasteiger partial charge on any atom is 0.212 e. The van der Waals surface area contributed by atoms with E-state index in [4.69, 9.17) is 0 Å². The van der Waals surface area contributed by atoms with Crippen LogP contribution in [0.2, 0.25) is 0 Å². The molecule has 5 aromatic rings. The van der Waals surface area contributed by atoms with E-state index >= 15 is 0 Å². The highest BCUT2D eigenvalue weighted by molar-refractivity contribution is 5.85. The Kier molecular flexibility index (Phi) is 5.96. The van der Waals surface area contributed by atoms with Gasteiger partial charge < -0.3 is 24.0 Å². The Bertz CT molecular complexity index is 1240. The Hall–Kier alpha value is -2.98. The number of aromatic nitrogens is 1. The van der Waals surface area contributed by atoms with Gasteiger partial charge >= 0.3 is 0 Å². The topological polar surface area (TPSA) is 3.88 Å². The van der Waals surface area contributed by atoms with Gasteiger partial charge in [-0.25, -0.2) is 4.57 Å². The van der Waals surface area contributed by atoms with Gasteiger partial charge in [0.1, 0.15) is 7.05 Å². The van der Waals surface area contributed by atoms with Crippen LogP contribution in [0.4, 0.5) is 0 Å². The number of hydrogen-bond acceptors (Lipinski definition) is 0. The number of nitrogens with zero attached hydrogens (tertiary/aromatic N) is 1. The van der Waals surface area contributed by atoms with Crippen molar-refractivity contribution < 1.29 is 28.5 Å². The molecular formula is C28H22IN. The predicted octanol–water partition coefficient (Wildman–Crippen LogP) is 3.67. The second-order valence-electron chi connectivity index (χ2n) is 7.43. The minimum absolute atomic E-state index is 0. The summed E-state index contributed by atoms with van der Waals surface area (Å²) in [5.74, 6) is 0. The zero-order valence-electron chi connectivity index (χ0n) is 16.8. The molecule has 5 rings (SSSR count). The van der Waals surface area contributed by atoms with Crippen molar-refractivity contribution in [3.05, 3.63) is 115 Å². The molecule has 2 heteroatoms. The lowest BCUT2D eigenvalue weighted by Crippen LogP contribution is -3.00. The minimum Gasteiger partial charge on any atom is -1.00 e. The first kappa shape index (κ1) is 20.3. The number of halogens is 1. The Morgan fingerprint density at radius 2 is 0.933 bits per heavy atom. The SMILES string of the molecule is C[n+]1cc(-c2cc(-c3ccccc3)cc(-c3ccccc3)c2)cc2ccccc21.[I-]. The summed E-state index contributed by atoms with van der Waals surface area (Å²) in [5, 5.41) is 1.25. The maximum atomic E-state index is 2.30. The minimum atomic E-state index is 0. The lowest BCUT2D eigenvalue weighted by molar-refractivity contribution is -0.644. The molecule has 0 spiro atoms. The molecule has 0 bridgehead atoms. The number of rotatable bonds is 3. The van der Waals surface area contributed by atoms with Crippen molar-refractivity contribution in [1.82, 2.24) is 0 Å². The van der Waals surface area contributed by atoms with E-state index in [1.807, 2.05) is 0 Å². The third-order valence-corrected chi connectivity index (χ3v) is 5.44. The number of fused-ring (bicyclic) bond motifs is 1. The Morgan fingerprint density at radius 1 is 0.467 bits per heavy atom. The quantitative estimate of drug-likeness (QED) is 0.264. The van der Waals surface area contributed by atoms with Crippen molar-refractivity contribution >= 4 is 10.9 Å². The average molecular weight is 499 g/mol. The van der Waals surface area contributed by atoms with Crippen LogP contribution in [-0.4, -0.2) is 0 Å². The van der Waals surface area contributed by atoms with Crippen molar-refractivity contribution in [2.75, 3.05) is 0 Å². The number of aryl methyl sites for hydroxylation is 1. The van der Waals surface area contributed by atoms with Crippen molar-refractivity contribution in [3.8, 4) is 33.4 Å². The zero-order valence-corrected chi connectivity index (χ0v) is 19.0. The fraction of sp³-hybridized carbons (Fsp3) is 0.0357. The van der Waals surface area contributed by atoms with Gasteiger partial charge in [0, 0.05) is 17.0 Å². The molecule has 0 N–H and O–H groups in total. The van der Waals surface area contributed by atoms with Gasteiger partial charge in [0.2, 0.25) is 5.52 Å². The Morgan fingerprint density at radius 3 is 1.50 bits per heavy atom. The van der Waals surface area contributed by atoms with E-state index in [0.29, 0.717) is 0 Å². The van der Waals surface area contributed by atoms with E-state index in [0.717, 1.165) is 0 Å². The lowest BCUT2D eigenvalue weighted by atomic mass is 9.93. The maximum absolute atomic E-state index is 2.30. The highest BCUT2D eigenvalue weighted by atomic mass is 127. The van der Waals surface area contributed by atoms with Crippen LogP contribution in [0.3, 0.4) is 0 Å². The molecule has 0 amide bonds. The summed E-state index contributed by atoms with van der Waals surface area (Å²) >= 11 is 0. The third kappa shape index (κ3) is 4.01. The zero-order chi connectivity index (χ0) is 19.6. The largest absolute Gasteiger partial charge is 1.00 e. The smallest absolute Gasteiger partial charge is 0.212 e. The fourth-order valence-corrected chi connectivity index (χ4v) is 3.96. The molecule has 146 valence electrons. The molecule has 0 fully saturated rings. The summed E-state index contributed by atoms with van der Waals surface area (Å²) in [6.45, 7) is 0. The van der Waals surface area contributed by atoms with Gasteiger partial charge in [-0.2, -0.15) is 0 Å². The van der Waals surface area contributed by atoms with Gasteiger partial charge in [0.05, 0.1) is 0 Å².